The minimum absolute atomic E-state index is 0.864. The molecule has 65 valence electrons. The summed E-state index contributed by atoms with van der Waals surface area (Å²) in [4.78, 5) is 4.09. The second-order valence-electron chi connectivity index (χ2n) is 2.55. The number of rotatable bonds is 2. The lowest BCUT2D eigenvalue weighted by atomic mass is 10.2. The first-order chi connectivity index (χ1) is 6.40. The maximum Gasteiger partial charge on any atom is 0.152 e. The van der Waals surface area contributed by atoms with Crippen molar-refractivity contribution < 1.29 is 4.74 Å². The molecular weight excluding hydrogens is 182 g/mol. The Balaban J connectivity index is 2.33. The molecule has 2 nitrogen and oxygen atoms in total. The fraction of sp³-hybridized carbons (Fsp3) is 0.100. The van der Waals surface area contributed by atoms with E-state index in [0.717, 1.165) is 17.0 Å². The molecule has 1 heterocycles. The van der Waals surface area contributed by atoms with Crippen LogP contribution in [-0.4, -0.2) is 12.1 Å². The summed E-state index contributed by atoms with van der Waals surface area (Å²) in [5.41, 5.74) is 4.88. The summed E-state index contributed by atoms with van der Waals surface area (Å²) < 4.78 is 5.06. The Kier molecular flexibility index (Phi) is 2.27. The highest BCUT2D eigenvalue weighted by Crippen LogP contribution is 2.21. The van der Waals surface area contributed by atoms with E-state index in [2.05, 4.69) is 10.5 Å². The first-order valence-corrected chi connectivity index (χ1v) is 4.74. The third-order valence-electron chi connectivity index (χ3n) is 1.78. The predicted molar refractivity (Wildman–Crippen MR) is 52.9 cm³/mol. The molecule has 0 saturated heterocycles. The number of thiazole rings is 1. The number of methoxy groups -OCH3 is 1. The predicted octanol–water partition coefficient (Wildman–Crippen LogP) is 2.62. The molecule has 2 rings (SSSR count). The number of ether oxygens (including phenoxy) is 1. The van der Waals surface area contributed by atoms with E-state index in [1.807, 2.05) is 29.6 Å². The summed E-state index contributed by atoms with van der Waals surface area (Å²) in [6, 6.07) is 7.83. The molecule has 0 unspecified atom stereocenters. The first-order valence-electron chi connectivity index (χ1n) is 3.86. The van der Waals surface area contributed by atoms with E-state index in [-0.39, 0.29) is 0 Å². The molecule has 0 bridgehead atoms. The molecule has 1 aromatic heterocycles. The second kappa shape index (κ2) is 3.58. The zero-order chi connectivity index (χ0) is 9.10. The number of nitrogens with zero attached hydrogens (tertiary/aromatic N) is 1. The first kappa shape index (κ1) is 8.26. The van der Waals surface area contributed by atoms with Gasteiger partial charge in [0.15, 0.2) is 5.51 Å². The molecule has 13 heavy (non-hydrogen) atoms. The number of aromatic nitrogens is 1. The Morgan fingerprint density at radius 1 is 1.31 bits per heavy atom. The molecular formula is C10H8NOS. The van der Waals surface area contributed by atoms with Crippen LogP contribution in [0.5, 0.6) is 5.75 Å². The molecule has 0 N–H and O–H groups in total. The van der Waals surface area contributed by atoms with E-state index < -0.39 is 0 Å². The molecule has 0 saturated carbocycles. The molecule has 0 atom stereocenters. The van der Waals surface area contributed by atoms with Gasteiger partial charge in [-0.05, 0) is 24.3 Å². The van der Waals surface area contributed by atoms with Gasteiger partial charge in [-0.15, -0.1) is 11.3 Å². The molecule has 0 fully saturated rings. The lowest BCUT2D eigenvalue weighted by Crippen LogP contribution is -1.82. The van der Waals surface area contributed by atoms with Crippen molar-refractivity contribution in [1.29, 1.82) is 0 Å². The van der Waals surface area contributed by atoms with Gasteiger partial charge in [0, 0.05) is 10.9 Å². The minimum Gasteiger partial charge on any atom is -0.497 e. The van der Waals surface area contributed by atoms with Crippen LogP contribution in [-0.2, 0) is 0 Å². The summed E-state index contributed by atoms with van der Waals surface area (Å²) in [7, 11) is 1.66. The Morgan fingerprint density at radius 2 is 2.08 bits per heavy atom. The van der Waals surface area contributed by atoms with Crippen molar-refractivity contribution in [3.8, 4) is 17.0 Å². The summed E-state index contributed by atoms with van der Waals surface area (Å²) >= 11 is 1.48. The number of benzene rings is 1. The van der Waals surface area contributed by atoms with Crippen molar-refractivity contribution in [3.63, 3.8) is 0 Å². The normalized spacial score (nSPS) is 9.92. The van der Waals surface area contributed by atoms with Gasteiger partial charge in [0.25, 0.3) is 0 Å². The van der Waals surface area contributed by atoms with E-state index >= 15 is 0 Å². The Bertz CT molecular complexity index is 366. The van der Waals surface area contributed by atoms with Gasteiger partial charge >= 0.3 is 0 Å². The summed E-state index contributed by atoms with van der Waals surface area (Å²) in [6.07, 6.45) is 0. The zero-order valence-corrected chi connectivity index (χ0v) is 7.97. The lowest BCUT2D eigenvalue weighted by molar-refractivity contribution is 0.415. The third-order valence-corrected chi connectivity index (χ3v) is 2.31. The Morgan fingerprint density at radius 3 is 2.62 bits per heavy atom. The van der Waals surface area contributed by atoms with Crippen molar-refractivity contribution in [3.05, 3.63) is 35.2 Å². The van der Waals surface area contributed by atoms with Gasteiger partial charge in [0.05, 0.1) is 12.8 Å². The molecule has 3 heteroatoms. The van der Waals surface area contributed by atoms with E-state index in [1.54, 1.807) is 7.11 Å². The quantitative estimate of drug-likeness (QED) is 0.726. The monoisotopic (exact) mass is 190 g/mol. The Labute approximate surface area is 80.8 Å². The van der Waals surface area contributed by atoms with Crippen molar-refractivity contribution >= 4 is 11.3 Å². The zero-order valence-electron chi connectivity index (χ0n) is 7.15. The minimum atomic E-state index is 0.864. The van der Waals surface area contributed by atoms with E-state index in [9.17, 15) is 0 Å². The fourth-order valence-electron chi connectivity index (χ4n) is 1.08. The Hall–Kier alpha value is -1.35. The highest BCUT2D eigenvalue weighted by molar-refractivity contribution is 7.07. The summed E-state index contributed by atoms with van der Waals surface area (Å²) in [5.74, 6) is 0.864. The van der Waals surface area contributed by atoms with Crippen molar-refractivity contribution in [1.82, 2.24) is 4.98 Å². The second-order valence-corrected chi connectivity index (χ2v) is 3.21. The molecule has 2 aromatic rings. The van der Waals surface area contributed by atoms with Gasteiger partial charge in [-0.2, -0.15) is 0 Å². The average Bonchev–Trinajstić information content (AvgIpc) is 2.71. The van der Waals surface area contributed by atoms with Crippen molar-refractivity contribution in [2.75, 3.05) is 7.11 Å². The van der Waals surface area contributed by atoms with E-state index in [1.165, 1.54) is 11.3 Å². The molecule has 0 amide bonds. The lowest BCUT2D eigenvalue weighted by Gasteiger charge is -1.99. The van der Waals surface area contributed by atoms with Gasteiger partial charge in [-0.25, -0.2) is 4.98 Å². The molecule has 0 aliphatic carbocycles. The van der Waals surface area contributed by atoms with Gasteiger partial charge in [-0.3, -0.25) is 0 Å². The van der Waals surface area contributed by atoms with Crippen LogP contribution in [0.4, 0.5) is 0 Å². The van der Waals surface area contributed by atoms with Crippen LogP contribution in [0.2, 0.25) is 0 Å². The van der Waals surface area contributed by atoms with Crippen LogP contribution in [0.25, 0.3) is 11.3 Å². The largest absolute Gasteiger partial charge is 0.497 e. The maximum absolute atomic E-state index is 5.06. The van der Waals surface area contributed by atoms with E-state index in [0.29, 0.717) is 0 Å². The number of hydrogen-bond donors (Lipinski definition) is 0. The van der Waals surface area contributed by atoms with Crippen LogP contribution >= 0.6 is 11.3 Å². The van der Waals surface area contributed by atoms with Crippen molar-refractivity contribution in [2.24, 2.45) is 0 Å². The number of hydrogen-bond acceptors (Lipinski definition) is 3. The highest BCUT2D eigenvalue weighted by atomic mass is 32.1. The van der Waals surface area contributed by atoms with Crippen LogP contribution in [0.3, 0.4) is 0 Å². The third kappa shape index (κ3) is 1.70. The molecule has 0 aliphatic heterocycles. The smallest absolute Gasteiger partial charge is 0.152 e. The van der Waals surface area contributed by atoms with E-state index in [4.69, 9.17) is 4.74 Å². The van der Waals surface area contributed by atoms with Gasteiger partial charge in [0.1, 0.15) is 5.75 Å². The molecule has 0 aliphatic rings. The van der Waals surface area contributed by atoms with Gasteiger partial charge < -0.3 is 4.74 Å². The van der Waals surface area contributed by atoms with Crippen LogP contribution < -0.4 is 4.74 Å². The van der Waals surface area contributed by atoms with Crippen LogP contribution in [0, 0.1) is 5.51 Å². The average molecular weight is 190 g/mol. The molecule has 1 radical (unpaired) electrons. The van der Waals surface area contributed by atoms with Crippen molar-refractivity contribution in [2.45, 2.75) is 0 Å². The highest BCUT2D eigenvalue weighted by Gasteiger charge is 1.98. The van der Waals surface area contributed by atoms with Gasteiger partial charge in [-0.1, -0.05) is 0 Å². The summed E-state index contributed by atoms with van der Waals surface area (Å²) in [5, 5.41) is 1.97. The molecule has 0 spiro atoms. The van der Waals surface area contributed by atoms with Crippen LogP contribution in [0.15, 0.2) is 29.6 Å². The summed E-state index contributed by atoms with van der Waals surface area (Å²) in [6.45, 7) is 0. The fourth-order valence-corrected chi connectivity index (χ4v) is 1.58. The maximum atomic E-state index is 5.06. The van der Waals surface area contributed by atoms with Crippen LogP contribution in [0.1, 0.15) is 0 Å². The standard InChI is InChI=1S/C10H8NOS/c1-12-9-4-2-8(3-5-9)10-6-13-7-11-10/h2-6H,1H3. The van der Waals surface area contributed by atoms with Gasteiger partial charge in [0.2, 0.25) is 0 Å². The topological polar surface area (TPSA) is 22.1 Å². The molecule has 1 aromatic carbocycles. The SMILES string of the molecule is COc1ccc(-c2cs[c]n2)cc1.